The largest absolute Gasteiger partial charge is 0.455 e. The smallest absolute Gasteiger partial charge is 0.441 e. The molecule has 2 aromatic heterocycles. The molecule has 3 aromatic carbocycles. The number of carbonyl (C=O) groups is 2. The van der Waals surface area contributed by atoms with E-state index in [0.717, 1.165) is 61.1 Å². The molecule has 2 fully saturated rings. The Morgan fingerprint density at radius 1 is 1.00 bits per heavy atom. The molecular formula is C50H59ClN8O9S2. The molecule has 70 heavy (non-hydrogen) atoms. The van der Waals surface area contributed by atoms with Crippen molar-refractivity contribution in [1.82, 2.24) is 24.5 Å². The first-order valence-electron chi connectivity index (χ1n) is 23.5. The van der Waals surface area contributed by atoms with Gasteiger partial charge in [0.05, 0.1) is 37.9 Å². The molecule has 0 unspecified atom stereocenters. The number of anilines is 1. The zero-order valence-corrected chi connectivity index (χ0v) is 42.2. The summed E-state index contributed by atoms with van der Waals surface area (Å²) in [5, 5.41) is 13.9. The molecule has 20 heteroatoms. The van der Waals surface area contributed by atoms with Crippen LogP contribution in [0.25, 0.3) is 16.6 Å². The van der Waals surface area contributed by atoms with Gasteiger partial charge in [0, 0.05) is 104 Å². The Balaban J connectivity index is 0.963. The minimum absolute atomic E-state index is 0.0648. The van der Waals surface area contributed by atoms with E-state index < -0.39 is 47.3 Å². The fourth-order valence-corrected chi connectivity index (χ4v) is 12.4. The molecule has 1 atom stereocenters. The number of aromatic amines is 1. The highest BCUT2D eigenvalue weighted by Gasteiger charge is 2.31. The quantitative estimate of drug-likeness (QED) is 0.0742. The Morgan fingerprint density at radius 2 is 1.74 bits per heavy atom. The molecule has 0 saturated carbocycles. The standard InChI is InChI=1S/C50H59ClN8O9S2/c1-5-67-49(61)55-69(64)24-22-57(23-25-69)32-34(2)26-36-8-12-42(29-45(36)59(62)63)70(65,66)54-48(60)43-13-11-40(28-46(43)68-41-27-37-15-17-52-47(37)53-31-41)58-20-18-56(19-21-58)33-38-14-16-50(3,4)30-44(38)35-6-9-39(51)10-7-35/h6-13,15,17,27-29,31,34H,5,14,16,18-26,30,32-33H2,1-4H3,(H,52,53)(H,54,60)/t34-/m1/s1. The van der Waals surface area contributed by atoms with Gasteiger partial charge in [-0.2, -0.15) is 0 Å². The van der Waals surface area contributed by atoms with E-state index in [2.05, 4.69) is 59.7 Å². The Hall–Kier alpha value is -5.86. The van der Waals surface area contributed by atoms with Crippen LogP contribution >= 0.6 is 11.6 Å². The number of nitrogens with one attached hydrogen (secondary N) is 2. The first-order chi connectivity index (χ1) is 33.4. The third kappa shape index (κ3) is 12.4. The summed E-state index contributed by atoms with van der Waals surface area (Å²) in [5.41, 5.74) is 5.56. The van der Waals surface area contributed by atoms with Crippen molar-refractivity contribution in [2.75, 3.05) is 75.4 Å². The molecular weight excluding hydrogens is 956 g/mol. The number of benzene rings is 3. The third-order valence-electron chi connectivity index (χ3n) is 13.2. The number of halogens is 1. The number of H-pyrrole nitrogens is 1. The Kier molecular flexibility index (Phi) is 15.3. The van der Waals surface area contributed by atoms with Gasteiger partial charge in [0.15, 0.2) is 0 Å². The Bertz CT molecular complexity index is 3040. The van der Waals surface area contributed by atoms with Gasteiger partial charge in [-0.3, -0.25) is 19.8 Å². The predicted octanol–water partition coefficient (Wildman–Crippen LogP) is 8.94. The number of fused-ring (bicyclic) bond motifs is 1. The number of sulfonamides is 1. The van der Waals surface area contributed by atoms with Crippen molar-refractivity contribution in [3.63, 3.8) is 0 Å². The van der Waals surface area contributed by atoms with Crippen LogP contribution in [0.15, 0.2) is 100 Å². The second-order valence-corrected chi connectivity index (χ2v) is 23.8. The Labute approximate surface area is 414 Å². The lowest BCUT2D eigenvalue weighted by Gasteiger charge is -2.39. The molecule has 0 spiro atoms. The van der Waals surface area contributed by atoms with Crippen molar-refractivity contribution in [2.45, 2.75) is 58.3 Å². The Morgan fingerprint density at radius 3 is 2.46 bits per heavy atom. The van der Waals surface area contributed by atoms with E-state index >= 15 is 0 Å². The number of aromatic nitrogens is 2. The van der Waals surface area contributed by atoms with Crippen LogP contribution in [0.1, 0.15) is 68.4 Å². The van der Waals surface area contributed by atoms with Crippen molar-refractivity contribution in [3.05, 3.63) is 123 Å². The van der Waals surface area contributed by atoms with Gasteiger partial charge in [0.25, 0.3) is 21.6 Å². The van der Waals surface area contributed by atoms with Gasteiger partial charge in [-0.25, -0.2) is 27.1 Å². The summed E-state index contributed by atoms with van der Waals surface area (Å²) in [6.45, 7) is 13.6. The van der Waals surface area contributed by atoms with Gasteiger partial charge in [-0.05, 0) is 97.5 Å². The van der Waals surface area contributed by atoms with Crippen LogP contribution in [0.4, 0.5) is 16.2 Å². The van der Waals surface area contributed by atoms with Crippen molar-refractivity contribution in [1.29, 1.82) is 0 Å². The minimum atomic E-state index is -4.62. The van der Waals surface area contributed by atoms with Crippen molar-refractivity contribution in [3.8, 4) is 11.5 Å². The number of carbonyl (C=O) groups excluding carboxylic acids is 2. The number of nitro benzene ring substituents is 1. The SMILES string of the molecule is CCOC(=O)N=S1(=O)CCN(C[C@H](C)Cc2ccc(S(=O)(=O)NC(=O)c3ccc(N4CCN(CC5=C(c6ccc(Cl)cc6)CC(C)(C)CC5)CC4)cc3Oc3cnc4[nH]ccc4c3)cc2[N+](=O)[O-])CC1. The minimum Gasteiger partial charge on any atom is -0.455 e. The van der Waals surface area contributed by atoms with Crippen LogP contribution in [0.5, 0.6) is 11.5 Å². The molecule has 0 radical (unpaired) electrons. The summed E-state index contributed by atoms with van der Waals surface area (Å²) in [5.74, 6) is -0.278. The fraction of sp³-hybridized carbons (Fsp3) is 0.420. The number of ether oxygens (including phenoxy) is 2. The molecule has 2 amide bonds. The molecule has 2 N–H and O–H groups in total. The molecule has 4 heterocycles. The molecule has 8 rings (SSSR count). The zero-order chi connectivity index (χ0) is 49.8. The second kappa shape index (κ2) is 21.2. The normalized spacial score (nSPS) is 18.0. The van der Waals surface area contributed by atoms with Crippen molar-refractivity contribution < 1.29 is 36.6 Å². The number of piperazine rings is 1. The predicted molar refractivity (Wildman–Crippen MR) is 272 cm³/mol. The van der Waals surface area contributed by atoms with Gasteiger partial charge < -0.3 is 24.3 Å². The second-order valence-electron chi connectivity index (χ2n) is 19.1. The monoisotopic (exact) mass is 1010 g/mol. The number of hydrogen-bond donors (Lipinski definition) is 2. The number of nitro groups is 1. The topological polar surface area (TPSA) is 210 Å². The highest BCUT2D eigenvalue weighted by atomic mass is 35.5. The van der Waals surface area contributed by atoms with E-state index in [1.165, 1.54) is 41.1 Å². The lowest BCUT2D eigenvalue weighted by Crippen LogP contribution is -2.47. The maximum atomic E-state index is 14.1. The van der Waals surface area contributed by atoms with Gasteiger partial charge >= 0.3 is 6.09 Å². The molecule has 3 aliphatic rings. The van der Waals surface area contributed by atoms with Gasteiger partial charge in [-0.15, -0.1) is 4.36 Å². The lowest BCUT2D eigenvalue weighted by molar-refractivity contribution is -0.385. The number of rotatable bonds is 15. The summed E-state index contributed by atoms with van der Waals surface area (Å²) in [4.78, 5) is 51.4. The molecule has 0 bridgehead atoms. The van der Waals surface area contributed by atoms with E-state index in [1.807, 2.05) is 25.1 Å². The number of hydrogen-bond acceptors (Lipinski definition) is 13. The lowest BCUT2D eigenvalue weighted by atomic mass is 9.72. The zero-order valence-electron chi connectivity index (χ0n) is 39.8. The van der Waals surface area contributed by atoms with E-state index in [1.54, 1.807) is 31.3 Å². The fourth-order valence-electron chi connectivity index (χ4n) is 9.47. The van der Waals surface area contributed by atoms with E-state index in [-0.39, 0.29) is 47.2 Å². The first-order valence-corrected chi connectivity index (χ1v) is 27.2. The summed E-state index contributed by atoms with van der Waals surface area (Å²) in [7, 11) is -7.36. The van der Waals surface area contributed by atoms with Crippen molar-refractivity contribution >= 4 is 71.3 Å². The summed E-state index contributed by atoms with van der Waals surface area (Å²) < 4.78 is 57.9. The number of pyridine rings is 1. The van der Waals surface area contributed by atoms with E-state index in [0.29, 0.717) is 49.7 Å². The summed E-state index contributed by atoms with van der Waals surface area (Å²) >= 11 is 6.25. The average molecular weight is 1020 g/mol. The molecule has 2 saturated heterocycles. The summed E-state index contributed by atoms with van der Waals surface area (Å²) in [6.07, 6.45) is 5.82. The van der Waals surface area contributed by atoms with Gasteiger partial charge in [-0.1, -0.05) is 56.1 Å². The number of amides is 2. The maximum Gasteiger partial charge on any atom is 0.441 e. The van der Waals surface area contributed by atoms with Gasteiger partial charge in [0.2, 0.25) is 0 Å². The molecule has 17 nitrogen and oxygen atoms in total. The van der Waals surface area contributed by atoms with Crippen molar-refractivity contribution in [2.24, 2.45) is 15.7 Å². The van der Waals surface area contributed by atoms with E-state index in [4.69, 9.17) is 21.1 Å². The highest BCUT2D eigenvalue weighted by molar-refractivity contribution is 7.94. The van der Waals surface area contributed by atoms with Crippen LogP contribution in [-0.4, -0.2) is 120 Å². The highest BCUT2D eigenvalue weighted by Crippen LogP contribution is 2.43. The van der Waals surface area contributed by atoms with E-state index in [9.17, 15) is 32.3 Å². The molecule has 372 valence electrons. The van der Waals surface area contributed by atoms with Crippen LogP contribution in [-0.2, 0) is 30.9 Å². The maximum absolute atomic E-state index is 14.1. The van der Waals surface area contributed by atoms with Crippen LogP contribution in [0.3, 0.4) is 0 Å². The molecule has 1 aliphatic carbocycles. The third-order valence-corrected chi connectivity index (χ3v) is 16.9. The number of allylic oxidation sites excluding steroid dienone is 1. The van der Waals surface area contributed by atoms with Crippen LogP contribution in [0, 0.1) is 21.4 Å². The first kappa shape index (κ1) is 50.5. The summed E-state index contributed by atoms with van der Waals surface area (Å²) in [6, 6.07) is 20.4. The molecule has 2 aliphatic heterocycles. The van der Waals surface area contributed by atoms with Gasteiger partial charge in [0.1, 0.15) is 17.1 Å². The van der Waals surface area contributed by atoms with Crippen LogP contribution in [0.2, 0.25) is 5.02 Å². The molecule has 5 aromatic rings. The average Bonchev–Trinajstić information content (AvgIpc) is 3.79. The van der Waals surface area contributed by atoms with Crippen LogP contribution < -0.4 is 14.4 Å². The number of nitrogens with zero attached hydrogens (tertiary/aromatic N) is 6.